The summed E-state index contributed by atoms with van der Waals surface area (Å²) < 4.78 is 11.5. The Kier molecular flexibility index (Phi) is 7.92. The summed E-state index contributed by atoms with van der Waals surface area (Å²) in [6.45, 7) is 4.15. The highest BCUT2D eigenvalue weighted by Gasteiger charge is 2.44. The lowest BCUT2D eigenvalue weighted by Gasteiger charge is -2.38. The Morgan fingerprint density at radius 2 is 2.03 bits per heavy atom. The zero-order valence-electron chi connectivity index (χ0n) is 20.9. The van der Waals surface area contributed by atoms with Crippen LogP contribution in [0.2, 0.25) is 0 Å². The summed E-state index contributed by atoms with van der Waals surface area (Å²) in [5.74, 6) is -0.824. The number of aliphatic hydroxyl groups is 1. The Labute approximate surface area is 213 Å². The first-order valence-electron chi connectivity index (χ1n) is 13.3. The Hall–Kier alpha value is -2.44. The Morgan fingerprint density at radius 1 is 1.22 bits per heavy atom. The zero-order chi connectivity index (χ0) is 25.1. The standard InChI is InChI=1S/C28H37N3O5/c1-2-36-26-13-20(28(34)31-22-8-9-23(31)17-35-16-22)7-10-25(26)27(33)30-15-24(32)14-29-21-11-18-5-3-4-6-19(18)12-21/h3,5,7,10,20-26,29,32H,2,8-9,11-17H2,1H3,(H,30,33)/t20?,21?,22?,23?,24-,25?,26?/m1/s1. The normalized spacial score (nSPS) is 30.1. The van der Waals surface area contributed by atoms with Crippen LogP contribution in [-0.2, 0) is 31.9 Å². The third-order valence-electron chi connectivity index (χ3n) is 7.98. The Bertz CT molecular complexity index is 927. The third-order valence-corrected chi connectivity index (χ3v) is 7.98. The smallest absolute Gasteiger partial charge is 0.230 e. The molecule has 2 fully saturated rings. The van der Waals surface area contributed by atoms with Crippen LogP contribution in [0.4, 0.5) is 0 Å². The van der Waals surface area contributed by atoms with Crippen LogP contribution in [0.15, 0.2) is 24.3 Å². The lowest BCUT2D eigenvalue weighted by molar-refractivity contribution is -0.146. The number of carbonyl (C=O) groups excluding carboxylic acids is 2. The molecule has 2 aliphatic carbocycles. The molecule has 1 aromatic carbocycles. The summed E-state index contributed by atoms with van der Waals surface area (Å²) in [5.41, 5.74) is 2.46. The van der Waals surface area contributed by atoms with Gasteiger partial charge in [-0.05, 0) is 56.7 Å². The lowest BCUT2D eigenvalue weighted by Crippen LogP contribution is -2.52. The first-order valence-corrected chi connectivity index (χ1v) is 13.3. The number of ether oxygens (including phenoxy) is 2. The van der Waals surface area contributed by atoms with Crippen molar-refractivity contribution in [1.82, 2.24) is 15.5 Å². The van der Waals surface area contributed by atoms with Crippen LogP contribution in [0, 0.1) is 24.0 Å². The predicted molar refractivity (Wildman–Crippen MR) is 133 cm³/mol. The minimum atomic E-state index is -0.697. The number of nitrogens with zero attached hydrogens (tertiary/aromatic N) is 1. The van der Waals surface area contributed by atoms with E-state index in [1.54, 1.807) is 0 Å². The van der Waals surface area contributed by atoms with Gasteiger partial charge in [0, 0.05) is 31.3 Å². The SMILES string of the molecule is CCOC1CC(C(=O)N2C3CCC2COC3)C=CC1C(=O)NC[C@H](O)CNC1Cc2c#cccc2C1. The highest BCUT2D eigenvalue weighted by molar-refractivity contribution is 5.85. The molecule has 7 atom stereocenters. The topological polar surface area (TPSA) is 100 Å². The molecule has 0 spiro atoms. The van der Waals surface area contributed by atoms with E-state index >= 15 is 0 Å². The van der Waals surface area contributed by atoms with E-state index < -0.39 is 12.0 Å². The molecule has 6 unspecified atom stereocenters. The van der Waals surface area contributed by atoms with Gasteiger partial charge >= 0.3 is 0 Å². The highest BCUT2D eigenvalue weighted by atomic mass is 16.5. The number of nitrogens with one attached hydrogen (secondary N) is 2. The summed E-state index contributed by atoms with van der Waals surface area (Å²) >= 11 is 0. The predicted octanol–water partition coefficient (Wildman–Crippen LogP) is 0.808. The van der Waals surface area contributed by atoms with Gasteiger partial charge in [0.2, 0.25) is 11.8 Å². The maximum Gasteiger partial charge on any atom is 0.230 e. The Balaban J connectivity index is 1.11. The van der Waals surface area contributed by atoms with Crippen molar-refractivity contribution in [2.24, 2.45) is 11.8 Å². The van der Waals surface area contributed by atoms with E-state index in [-0.39, 0.29) is 48.5 Å². The second-order valence-electron chi connectivity index (χ2n) is 10.4. The Morgan fingerprint density at radius 3 is 2.78 bits per heavy atom. The molecule has 1 aromatic rings. The number of fused-ring (bicyclic) bond motifs is 3. The zero-order valence-corrected chi connectivity index (χ0v) is 20.9. The van der Waals surface area contributed by atoms with E-state index in [2.05, 4.69) is 28.8 Å². The van der Waals surface area contributed by atoms with Gasteiger partial charge in [-0.1, -0.05) is 24.3 Å². The highest BCUT2D eigenvalue weighted by Crippen LogP contribution is 2.34. The summed E-state index contributed by atoms with van der Waals surface area (Å²) in [6.07, 6.45) is 6.89. The summed E-state index contributed by atoms with van der Waals surface area (Å²) in [6, 6.07) is 10.7. The van der Waals surface area contributed by atoms with Gasteiger partial charge < -0.3 is 30.1 Å². The quantitative estimate of drug-likeness (QED) is 0.439. The van der Waals surface area contributed by atoms with Crippen LogP contribution in [0.1, 0.15) is 37.3 Å². The van der Waals surface area contributed by atoms with Gasteiger partial charge in [0.05, 0.1) is 49.3 Å². The summed E-state index contributed by atoms with van der Waals surface area (Å²) in [4.78, 5) is 28.3. The first kappa shape index (κ1) is 25.2. The maximum atomic E-state index is 13.3. The molecule has 2 heterocycles. The molecule has 4 aliphatic rings. The van der Waals surface area contributed by atoms with Crippen molar-refractivity contribution in [1.29, 1.82) is 0 Å². The molecule has 0 aromatic heterocycles. The molecule has 8 nitrogen and oxygen atoms in total. The number of carbonyl (C=O) groups is 2. The first-order chi connectivity index (χ1) is 17.5. The molecule has 0 radical (unpaired) electrons. The van der Waals surface area contributed by atoms with Crippen LogP contribution in [0.5, 0.6) is 0 Å². The van der Waals surface area contributed by atoms with E-state index in [1.807, 2.05) is 30.0 Å². The average Bonchev–Trinajstić information content (AvgIpc) is 3.42. The molecule has 2 saturated heterocycles. The van der Waals surface area contributed by atoms with Gasteiger partial charge in [0.25, 0.3) is 0 Å². The molecule has 2 bridgehead atoms. The number of hydrogen-bond donors (Lipinski definition) is 3. The van der Waals surface area contributed by atoms with E-state index in [9.17, 15) is 14.7 Å². The molecule has 5 rings (SSSR count). The lowest BCUT2D eigenvalue weighted by atomic mass is 9.84. The van der Waals surface area contributed by atoms with Gasteiger partial charge in [-0.3, -0.25) is 9.59 Å². The van der Waals surface area contributed by atoms with Crippen molar-refractivity contribution >= 4 is 11.8 Å². The second kappa shape index (κ2) is 11.3. The number of morpholine rings is 1. The van der Waals surface area contributed by atoms with Gasteiger partial charge in [0.1, 0.15) is 0 Å². The van der Waals surface area contributed by atoms with Gasteiger partial charge in [0.15, 0.2) is 0 Å². The molecule has 36 heavy (non-hydrogen) atoms. The van der Waals surface area contributed by atoms with Crippen LogP contribution in [0.25, 0.3) is 0 Å². The van der Waals surface area contributed by atoms with Crippen molar-refractivity contribution in [3.05, 3.63) is 47.5 Å². The van der Waals surface area contributed by atoms with E-state index in [0.717, 1.165) is 25.7 Å². The number of hydrogen-bond acceptors (Lipinski definition) is 6. The fourth-order valence-corrected chi connectivity index (χ4v) is 6.12. The van der Waals surface area contributed by atoms with Crippen molar-refractivity contribution in [3.8, 4) is 0 Å². The minimum absolute atomic E-state index is 0.122. The van der Waals surface area contributed by atoms with Crippen molar-refractivity contribution in [2.75, 3.05) is 32.9 Å². The van der Waals surface area contributed by atoms with E-state index in [1.165, 1.54) is 11.1 Å². The van der Waals surface area contributed by atoms with Crippen molar-refractivity contribution < 1.29 is 24.2 Å². The van der Waals surface area contributed by atoms with Crippen molar-refractivity contribution in [2.45, 2.75) is 69.4 Å². The fraction of sp³-hybridized carbons (Fsp3) is 0.643. The summed E-state index contributed by atoms with van der Waals surface area (Å²) in [5, 5.41) is 16.7. The molecule has 0 saturated carbocycles. The monoisotopic (exact) mass is 495 g/mol. The number of rotatable bonds is 9. The van der Waals surface area contributed by atoms with Crippen LogP contribution in [0.3, 0.4) is 0 Å². The molecular weight excluding hydrogens is 458 g/mol. The van der Waals surface area contributed by atoms with Crippen LogP contribution >= 0.6 is 0 Å². The number of amides is 2. The molecule has 2 amide bonds. The van der Waals surface area contributed by atoms with E-state index in [0.29, 0.717) is 32.8 Å². The molecule has 194 valence electrons. The van der Waals surface area contributed by atoms with Gasteiger partial charge in [-0.15, -0.1) is 0 Å². The molecule has 2 aliphatic heterocycles. The molecular formula is C28H37N3O5. The average molecular weight is 496 g/mol. The van der Waals surface area contributed by atoms with Crippen molar-refractivity contribution in [3.63, 3.8) is 0 Å². The van der Waals surface area contributed by atoms with Crippen LogP contribution in [-0.4, -0.2) is 85.1 Å². The second-order valence-corrected chi connectivity index (χ2v) is 10.4. The maximum absolute atomic E-state index is 13.3. The van der Waals surface area contributed by atoms with E-state index in [4.69, 9.17) is 9.47 Å². The third kappa shape index (κ3) is 5.45. The van der Waals surface area contributed by atoms with Gasteiger partial charge in [-0.2, -0.15) is 0 Å². The van der Waals surface area contributed by atoms with Gasteiger partial charge in [-0.25, -0.2) is 0 Å². The fourth-order valence-electron chi connectivity index (χ4n) is 6.12. The van der Waals surface area contributed by atoms with Crippen LogP contribution < -0.4 is 10.6 Å². The molecule has 8 heteroatoms. The molecule has 3 N–H and O–H groups in total. The number of aliphatic hydroxyl groups excluding tert-OH is 1. The largest absolute Gasteiger partial charge is 0.390 e. The minimum Gasteiger partial charge on any atom is -0.390 e. The summed E-state index contributed by atoms with van der Waals surface area (Å²) in [7, 11) is 0.